The van der Waals surface area contributed by atoms with E-state index in [4.69, 9.17) is 14.2 Å². The molecule has 0 aliphatic rings. The summed E-state index contributed by atoms with van der Waals surface area (Å²) >= 11 is 3.42. The number of esters is 1. The van der Waals surface area contributed by atoms with Crippen molar-refractivity contribution in [1.82, 2.24) is 0 Å². The van der Waals surface area contributed by atoms with E-state index >= 15 is 0 Å². The van der Waals surface area contributed by atoms with Crippen molar-refractivity contribution in [2.75, 3.05) is 26.6 Å². The van der Waals surface area contributed by atoms with E-state index in [1.807, 2.05) is 32.2 Å². The van der Waals surface area contributed by atoms with E-state index in [2.05, 4.69) is 21.2 Å². The predicted molar refractivity (Wildman–Crippen MR) is 102 cm³/mol. The highest BCUT2D eigenvalue weighted by Gasteiger charge is 2.12. The Balaban J connectivity index is 2.27. The van der Waals surface area contributed by atoms with E-state index in [0.29, 0.717) is 29.0 Å². The number of rotatable bonds is 7. The highest BCUT2D eigenvalue weighted by molar-refractivity contribution is 9.08. The van der Waals surface area contributed by atoms with Gasteiger partial charge in [0.15, 0.2) is 11.5 Å². The van der Waals surface area contributed by atoms with Gasteiger partial charge in [-0.3, -0.25) is 0 Å². The lowest BCUT2D eigenvalue weighted by molar-refractivity contribution is 0.0600. The molecule has 0 bridgehead atoms. The molecule has 0 aliphatic carbocycles. The molecule has 0 aromatic heterocycles. The summed E-state index contributed by atoms with van der Waals surface area (Å²) in [5.41, 5.74) is 4.41. The molecule has 2 aromatic carbocycles. The number of hydrogen-bond donors (Lipinski definition) is 1. The third kappa shape index (κ3) is 4.66. The molecule has 2 rings (SSSR count). The summed E-state index contributed by atoms with van der Waals surface area (Å²) in [5.74, 6) is 0.942. The normalized spacial score (nSPS) is 10.3. The maximum Gasteiger partial charge on any atom is 0.337 e. The summed E-state index contributed by atoms with van der Waals surface area (Å²) in [6, 6.07) is 9.40. The molecule has 6 heteroatoms. The van der Waals surface area contributed by atoms with Crippen LogP contribution in [0.4, 0.5) is 5.69 Å². The molecule has 0 radical (unpaired) electrons. The van der Waals surface area contributed by atoms with E-state index in [-0.39, 0.29) is 5.97 Å². The first-order chi connectivity index (χ1) is 12.0. The molecule has 0 saturated carbocycles. The molecule has 0 amide bonds. The third-order valence-corrected chi connectivity index (χ3v) is 4.45. The number of hydrogen-bond acceptors (Lipinski definition) is 5. The van der Waals surface area contributed by atoms with Gasteiger partial charge < -0.3 is 19.5 Å². The Morgan fingerprint density at radius 2 is 1.80 bits per heavy atom. The Morgan fingerprint density at radius 1 is 1.08 bits per heavy atom. The van der Waals surface area contributed by atoms with Crippen molar-refractivity contribution >= 4 is 27.6 Å². The number of nitrogens with one attached hydrogen (secondary N) is 1. The van der Waals surface area contributed by atoms with E-state index in [9.17, 15) is 4.79 Å². The number of carbonyl (C=O) groups is 1. The molecular weight excluding hydrogens is 386 g/mol. The van der Waals surface area contributed by atoms with Crippen LogP contribution in [0.2, 0.25) is 0 Å². The lowest BCUT2D eigenvalue weighted by Crippen LogP contribution is -2.05. The second-order valence-corrected chi connectivity index (χ2v) is 6.08. The molecular formula is C19H22BrNO4. The molecule has 0 saturated heterocycles. The lowest BCUT2D eigenvalue weighted by atomic mass is 10.1. The standard InChI is InChI=1S/C19H22BrNO4/c1-12-5-17(23-3)18(9-16(12)21-2)25-11-14-6-13(10-20)7-15(8-14)19(22)24-4/h5-9,21H,10-11H2,1-4H3. The Kier molecular flexibility index (Phi) is 6.70. The summed E-state index contributed by atoms with van der Waals surface area (Å²) < 4.78 is 16.2. The fraction of sp³-hybridized carbons (Fsp3) is 0.316. The number of ether oxygens (including phenoxy) is 3. The average molecular weight is 408 g/mol. The monoisotopic (exact) mass is 407 g/mol. The molecule has 134 valence electrons. The summed E-state index contributed by atoms with van der Waals surface area (Å²) in [6.07, 6.45) is 0. The molecule has 5 nitrogen and oxygen atoms in total. The SMILES string of the molecule is CNc1cc(OCc2cc(CBr)cc(C(=O)OC)c2)c(OC)cc1C. The van der Waals surface area contributed by atoms with Crippen molar-refractivity contribution in [3.63, 3.8) is 0 Å². The second-order valence-electron chi connectivity index (χ2n) is 5.52. The Morgan fingerprint density at radius 3 is 2.40 bits per heavy atom. The molecule has 25 heavy (non-hydrogen) atoms. The van der Waals surface area contributed by atoms with E-state index in [1.54, 1.807) is 19.2 Å². The smallest absolute Gasteiger partial charge is 0.337 e. The first kappa shape index (κ1) is 19.1. The van der Waals surface area contributed by atoms with Gasteiger partial charge in [-0.25, -0.2) is 4.79 Å². The first-order valence-electron chi connectivity index (χ1n) is 7.78. The minimum Gasteiger partial charge on any atom is -0.493 e. The van der Waals surface area contributed by atoms with E-state index in [1.165, 1.54) is 7.11 Å². The molecule has 0 atom stereocenters. The van der Waals surface area contributed by atoms with Crippen molar-refractivity contribution in [1.29, 1.82) is 0 Å². The zero-order valence-corrected chi connectivity index (χ0v) is 16.4. The number of benzene rings is 2. The van der Waals surface area contributed by atoms with Crippen LogP contribution in [0.15, 0.2) is 30.3 Å². The quantitative estimate of drug-likeness (QED) is 0.547. The van der Waals surface area contributed by atoms with Crippen LogP contribution in [0.3, 0.4) is 0 Å². The highest BCUT2D eigenvalue weighted by atomic mass is 79.9. The minimum atomic E-state index is -0.366. The predicted octanol–water partition coefficient (Wildman–Crippen LogP) is 4.31. The van der Waals surface area contributed by atoms with Crippen molar-refractivity contribution in [2.24, 2.45) is 0 Å². The number of aryl methyl sites for hydroxylation is 1. The number of halogens is 1. The van der Waals surface area contributed by atoms with Gasteiger partial charge in [0, 0.05) is 24.1 Å². The van der Waals surface area contributed by atoms with E-state index < -0.39 is 0 Å². The molecule has 0 heterocycles. The average Bonchev–Trinajstić information content (AvgIpc) is 2.65. The highest BCUT2D eigenvalue weighted by Crippen LogP contribution is 2.33. The molecule has 2 aromatic rings. The maximum absolute atomic E-state index is 11.8. The van der Waals surface area contributed by atoms with Gasteiger partial charge in [0.05, 0.1) is 19.8 Å². The fourth-order valence-electron chi connectivity index (χ4n) is 2.52. The van der Waals surface area contributed by atoms with Crippen molar-refractivity contribution in [3.05, 3.63) is 52.6 Å². The van der Waals surface area contributed by atoms with Gasteiger partial charge in [-0.05, 0) is 41.8 Å². The summed E-state index contributed by atoms with van der Waals surface area (Å²) in [7, 11) is 4.85. The van der Waals surface area contributed by atoms with Crippen molar-refractivity contribution in [2.45, 2.75) is 18.9 Å². The Hall–Kier alpha value is -2.21. The fourth-order valence-corrected chi connectivity index (χ4v) is 2.85. The number of carbonyl (C=O) groups excluding carboxylic acids is 1. The van der Waals surface area contributed by atoms with Crippen molar-refractivity contribution in [3.8, 4) is 11.5 Å². The van der Waals surface area contributed by atoms with Crippen LogP contribution in [-0.2, 0) is 16.7 Å². The zero-order valence-electron chi connectivity index (χ0n) is 14.8. The van der Waals surface area contributed by atoms with Crippen LogP contribution in [-0.4, -0.2) is 27.2 Å². The van der Waals surface area contributed by atoms with Crippen LogP contribution in [0.1, 0.15) is 27.0 Å². The number of methoxy groups -OCH3 is 2. The van der Waals surface area contributed by atoms with E-state index in [0.717, 1.165) is 22.4 Å². The van der Waals surface area contributed by atoms with Gasteiger partial charge in [-0.15, -0.1) is 0 Å². The van der Waals surface area contributed by atoms with Crippen LogP contribution >= 0.6 is 15.9 Å². The maximum atomic E-state index is 11.8. The molecule has 0 spiro atoms. The van der Waals surface area contributed by atoms with Gasteiger partial charge in [0.2, 0.25) is 0 Å². The number of anilines is 1. The van der Waals surface area contributed by atoms with Gasteiger partial charge >= 0.3 is 5.97 Å². The molecule has 0 aliphatic heterocycles. The molecule has 0 unspecified atom stereocenters. The van der Waals surface area contributed by atoms with Crippen molar-refractivity contribution < 1.29 is 19.0 Å². The van der Waals surface area contributed by atoms with Crippen LogP contribution in [0, 0.1) is 6.92 Å². The Bertz CT molecular complexity index is 761. The summed E-state index contributed by atoms with van der Waals surface area (Å²) in [6.45, 7) is 2.31. The topological polar surface area (TPSA) is 56.8 Å². The van der Waals surface area contributed by atoms with Gasteiger partial charge in [0.1, 0.15) is 6.61 Å². The zero-order chi connectivity index (χ0) is 18.4. The molecule has 0 fully saturated rings. The second kappa shape index (κ2) is 8.76. The molecule has 1 N–H and O–H groups in total. The lowest BCUT2D eigenvalue weighted by Gasteiger charge is -2.15. The summed E-state index contributed by atoms with van der Waals surface area (Å²) in [5, 5.41) is 3.77. The van der Waals surface area contributed by atoms with Gasteiger partial charge in [-0.1, -0.05) is 22.0 Å². The van der Waals surface area contributed by atoms with Gasteiger partial charge in [0.25, 0.3) is 0 Å². The summed E-state index contributed by atoms with van der Waals surface area (Å²) in [4.78, 5) is 11.8. The number of alkyl halides is 1. The van der Waals surface area contributed by atoms with Crippen LogP contribution < -0.4 is 14.8 Å². The van der Waals surface area contributed by atoms with Gasteiger partial charge in [-0.2, -0.15) is 0 Å². The minimum absolute atomic E-state index is 0.313. The van der Waals surface area contributed by atoms with Crippen LogP contribution in [0.25, 0.3) is 0 Å². The van der Waals surface area contributed by atoms with Crippen LogP contribution in [0.5, 0.6) is 11.5 Å². The first-order valence-corrected chi connectivity index (χ1v) is 8.90. The largest absolute Gasteiger partial charge is 0.493 e. The third-order valence-electron chi connectivity index (χ3n) is 3.80. The Labute approximate surface area is 156 Å².